The summed E-state index contributed by atoms with van der Waals surface area (Å²) in [6.45, 7) is 7.12. The van der Waals surface area contributed by atoms with Crippen molar-refractivity contribution in [2.75, 3.05) is 56.5 Å². The summed E-state index contributed by atoms with van der Waals surface area (Å²) in [7, 11) is 8.42. The molecule has 0 atom stereocenters. The van der Waals surface area contributed by atoms with Gasteiger partial charge in [0.1, 0.15) is 7.85 Å². The van der Waals surface area contributed by atoms with Crippen LogP contribution in [0, 0.1) is 0 Å². The molecular formula is C27H32BN9. The highest BCUT2D eigenvalue weighted by atomic mass is 15.4. The van der Waals surface area contributed by atoms with Crippen LogP contribution in [-0.2, 0) is 6.54 Å². The Morgan fingerprint density at radius 1 is 0.946 bits per heavy atom. The number of benzene rings is 1. The molecule has 1 aromatic carbocycles. The molecule has 0 amide bonds. The zero-order valence-electron chi connectivity index (χ0n) is 21.3. The van der Waals surface area contributed by atoms with Crippen LogP contribution < -0.4 is 15.7 Å². The molecule has 5 heterocycles. The molecule has 37 heavy (non-hydrogen) atoms. The second-order valence-corrected chi connectivity index (χ2v) is 10.0. The maximum atomic E-state index is 6.22. The van der Waals surface area contributed by atoms with Crippen molar-refractivity contribution in [3.05, 3.63) is 60.4 Å². The van der Waals surface area contributed by atoms with Crippen molar-refractivity contribution in [3.8, 4) is 11.3 Å². The second-order valence-electron chi connectivity index (χ2n) is 10.0. The van der Waals surface area contributed by atoms with E-state index in [1.165, 1.54) is 0 Å². The minimum atomic E-state index is 0.554. The molecule has 6 rings (SSSR count). The maximum Gasteiger partial charge on any atom is 0.230 e. The molecular weight excluding hydrogens is 461 g/mol. The summed E-state index contributed by atoms with van der Waals surface area (Å²) in [5, 5.41) is 7.88. The Labute approximate surface area is 218 Å². The van der Waals surface area contributed by atoms with E-state index in [0.717, 1.165) is 68.9 Å². The third-order valence-electron chi connectivity index (χ3n) is 7.55. The average molecular weight is 493 g/mol. The summed E-state index contributed by atoms with van der Waals surface area (Å²) < 4.78 is 1.69. The fourth-order valence-corrected chi connectivity index (χ4v) is 5.27. The minimum Gasteiger partial charge on any atom is -0.350 e. The average Bonchev–Trinajstić information content (AvgIpc) is 3.33. The van der Waals surface area contributed by atoms with E-state index in [2.05, 4.69) is 61.4 Å². The lowest BCUT2D eigenvalue weighted by molar-refractivity contribution is 0.0980. The van der Waals surface area contributed by atoms with Gasteiger partial charge in [-0.05, 0) is 43.0 Å². The predicted octanol–water partition coefficient (Wildman–Crippen LogP) is 1.81. The molecule has 188 valence electrons. The monoisotopic (exact) mass is 493 g/mol. The number of nitrogens with zero attached hydrogens (tertiary/aromatic N) is 8. The number of hydrogen-bond acceptors (Lipinski definition) is 8. The Hall–Kier alpha value is -3.50. The van der Waals surface area contributed by atoms with Crippen molar-refractivity contribution in [1.82, 2.24) is 34.4 Å². The number of hydrogen-bond donors (Lipinski definition) is 1. The number of aromatic nitrogens is 5. The molecule has 3 aromatic heterocycles. The van der Waals surface area contributed by atoms with Gasteiger partial charge in [0.25, 0.3) is 0 Å². The molecule has 9 nitrogen and oxygen atoms in total. The number of nitrogens with one attached hydrogen (secondary N) is 1. The van der Waals surface area contributed by atoms with Crippen LogP contribution in [-0.4, -0.2) is 94.6 Å². The Morgan fingerprint density at radius 2 is 1.73 bits per heavy atom. The largest absolute Gasteiger partial charge is 0.350 e. The summed E-state index contributed by atoms with van der Waals surface area (Å²) in [5.41, 5.74) is 4.39. The second kappa shape index (κ2) is 10.5. The van der Waals surface area contributed by atoms with Gasteiger partial charge >= 0.3 is 0 Å². The molecule has 2 fully saturated rings. The van der Waals surface area contributed by atoms with Gasteiger partial charge in [0.2, 0.25) is 11.9 Å². The summed E-state index contributed by atoms with van der Waals surface area (Å²) in [4.78, 5) is 21.5. The van der Waals surface area contributed by atoms with E-state index in [-0.39, 0.29) is 0 Å². The molecule has 10 heteroatoms. The molecule has 0 saturated carbocycles. The SMILES string of the molecule is [B]c1cnn2c(NCc3ccc(-c4ccccn4)cc3)nc(N3CCC(N4CCN(C)CC4)CC3)nc12. The van der Waals surface area contributed by atoms with Crippen molar-refractivity contribution < 1.29 is 0 Å². The van der Waals surface area contributed by atoms with E-state index in [9.17, 15) is 0 Å². The van der Waals surface area contributed by atoms with Crippen LogP contribution >= 0.6 is 0 Å². The number of piperidine rings is 1. The van der Waals surface area contributed by atoms with Gasteiger partial charge in [-0.3, -0.25) is 9.88 Å². The van der Waals surface area contributed by atoms with Crippen LogP contribution in [0.1, 0.15) is 18.4 Å². The molecule has 2 aliphatic heterocycles. The van der Waals surface area contributed by atoms with E-state index in [1.54, 1.807) is 10.7 Å². The Kier molecular flexibility index (Phi) is 6.76. The zero-order valence-corrected chi connectivity index (χ0v) is 21.3. The number of likely N-dealkylation sites (N-methyl/N-ethyl adjacent to an activating group) is 1. The highest BCUT2D eigenvalue weighted by Crippen LogP contribution is 2.23. The lowest BCUT2D eigenvalue weighted by atomic mass is 10.0. The first-order valence-corrected chi connectivity index (χ1v) is 13.1. The number of piperazine rings is 1. The van der Waals surface area contributed by atoms with Gasteiger partial charge < -0.3 is 15.1 Å². The van der Waals surface area contributed by atoms with Gasteiger partial charge in [0, 0.05) is 69.8 Å². The highest BCUT2D eigenvalue weighted by Gasteiger charge is 2.28. The van der Waals surface area contributed by atoms with Gasteiger partial charge in [-0.2, -0.15) is 19.6 Å². The van der Waals surface area contributed by atoms with Crippen LogP contribution in [0.4, 0.5) is 11.9 Å². The Balaban J connectivity index is 1.15. The van der Waals surface area contributed by atoms with Gasteiger partial charge in [0.15, 0.2) is 5.65 Å². The van der Waals surface area contributed by atoms with Gasteiger partial charge in [-0.15, -0.1) is 0 Å². The first-order chi connectivity index (χ1) is 18.1. The molecule has 0 spiro atoms. The number of rotatable bonds is 6. The van der Waals surface area contributed by atoms with Crippen LogP contribution in [0.2, 0.25) is 0 Å². The van der Waals surface area contributed by atoms with E-state index >= 15 is 0 Å². The standard InChI is InChI=1S/C27H32BN9/c1-34-14-16-35(17-15-34)22-9-12-36(13-10-22)27-32-25-23(28)19-31-37(25)26(33-27)30-18-20-5-7-21(8-6-20)24-4-2-3-11-29-24/h2-8,11,19,22H,9-10,12-18H2,1H3,(H,30,32,33). The first kappa shape index (κ1) is 23.9. The molecule has 0 bridgehead atoms. The highest BCUT2D eigenvalue weighted by molar-refractivity contribution is 6.36. The zero-order chi connectivity index (χ0) is 25.2. The molecule has 4 aromatic rings. The summed E-state index contributed by atoms with van der Waals surface area (Å²) in [5.74, 6) is 1.36. The number of anilines is 2. The Bertz CT molecular complexity index is 1330. The van der Waals surface area contributed by atoms with Crippen LogP contribution in [0.5, 0.6) is 0 Å². The van der Waals surface area contributed by atoms with Gasteiger partial charge in [0.05, 0.1) is 5.69 Å². The van der Waals surface area contributed by atoms with Crippen LogP contribution in [0.15, 0.2) is 54.9 Å². The lowest BCUT2D eigenvalue weighted by Crippen LogP contribution is -2.52. The summed E-state index contributed by atoms with van der Waals surface area (Å²) in [6.07, 6.45) is 5.70. The van der Waals surface area contributed by atoms with Gasteiger partial charge in [-0.1, -0.05) is 30.3 Å². The van der Waals surface area contributed by atoms with Gasteiger partial charge in [-0.25, -0.2) is 0 Å². The fraction of sp³-hybridized carbons (Fsp3) is 0.407. The van der Waals surface area contributed by atoms with E-state index in [4.69, 9.17) is 17.8 Å². The number of fused-ring (bicyclic) bond motifs is 1. The summed E-state index contributed by atoms with van der Waals surface area (Å²) >= 11 is 0. The topological polar surface area (TPSA) is 77.7 Å². The molecule has 0 unspecified atom stereocenters. The van der Waals surface area contributed by atoms with E-state index in [1.807, 2.05) is 24.4 Å². The first-order valence-electron chi connectivity index (χ1n) is 13.1. The molecule has 2 radical (unpaired) electrons. The molecule has 0 aliphatic carbocycles. The van der Waals surface area contributed by atoms with Crippen LogP contribution in [0.3, 0.4) is 0 Å². The minimum absolute atomic E-state index is 0.554. The number of pyridine rings is 1. The maximum absolute atomic E-state index is 6.22. The molecule has 2 aliphatic rings. The van der Waals surface area contributed by atoms with Crippen molar-refractivity contribution >= 4 is 30.9 Å². The predicted molar refractivity (Wildman–Crippen MR) is 147 cm³/mol. The molecule has 1 N–H and O–H groups in total. The van der Waals surface area contributed by atoms with E-state index < -0.39 is 0 Å². The van der Waals surface area contributed by atoms with Crippen molar-refractivity contribution in [2.45, 2.75) is 25.4 Å². The van der Waals surface area contributed by atoms with Crippen molar-refractivity contribution in [3.63, 3.8) is 0 Å². The Morgan fingerprint density at radius 3 is 2.46 bits per heavy atom. The third kappa shape index (κ3) is 5.17. The quantitative estimate of drug-likeness (QED) is 0.408. The normalized spacial score (nSPS) is 17.9. The smallest absolute Gasteiger partial charge is 0.230 e. The molecule has 2 saturated heterocycles. The van der Waals surface area contributed by atoms with Crippen molar-refractivity contribution in [2.24, 2.45) is 0 Å². The van der Waals surface area contributed by atoms with E-state index in [0.29, 0.717) is 35.6 Å². The van der Waals surface area contributed by atoms with Crippen molar-refractivity contribution in [1.29, 1.82) is 0 Å². The third-order valence-corrected chi connectivity index (χ3v) is 7.55. The fourth-order valence-electron chi connectivity index (χ4n) is 5.27. The lowest BCUT2D eigenvalue weighted by Gasteiger charge is -2.42. The van der Waals surface area contributed by atoms with Crippen LogP contribution in [0.25, 0.3) is 16.9 Å². The summed E-state index contributed by atoms with van der Waals surface area (Å²) in [6, 6.07) is 15.0.